The largest absolute Gasteiger partial charge is 0.497 e. The molecule has 0 radical (unpaired) electrons. The molecule has 0 amide bonds. The fourth-order valence-electron chi connectivity index (χ4n) is 1.71. The third-order valence-corrected chi connectivity index (χ3v) is 3.52. The fraction of sp³-hybridized carbons (Fsp3) is 0.214. The number of carbonyl (C=O) groups is 1. The summed E-state index contributed by atoms with van der Waals surface area (Å²) >= 11 is 1.57. The van der Waals surface area contributed by atoms with Crippen molar-refractivity contribution in [1.82, 2.24) is 0 Å². The van der Waals surface area contributed by atoms with Gasteiger partial charge in [0.25, 0.3) is 0 Å². The van der Waals surface area contributed by atoms with Crippen molar-refractivity contribution in [1.29, 1.82) is 0 Å². The molecule has 1 aromatic carbocycles. The second-order valence-corrected chi connectivity index (χ2v) is 4.66. The summed E-state index contributed by atoms with van der Waals surface area (Å²) in [4.78, 5) is 12.1. The first-order valence-electron chi connectivity index (χ1n) is 5.39. The Labute approximate surface area is 105 Å². The summed E-state index contributed by atoms with van der Waals surface area (Å²) in [7, 11) is 1.63. The minimum absolute atomic E-state index is 0.164. The first-order valence-corrected chi connectivity index (χ1v) is 6.34. The lowest BCUT2D eigenvalue weighted by Gasteiger charge is -2.04. The van der Waals surface area contributed by atoms with Crippen molar-refractivity contribution in [2.24, 2.45) is 0 Å². The van der Waals surface area contributed by atoms with Crippen molar-refractivity contribution in [2.45, 2.75) is 13.3 Å². The van der Waals surface area contributed by atoms with Gasteiger partial charge in [0.05, 0.1) is 7.11 Å². The molecule has 0 saturated heterocycles. The molecule has 0 unspecified atom stereocenters. The minimum atomic E-state index is 0.164. The summed E-state index contributed by atoms with van der Waals surface area (Å²) in [5, 5.41) is 3.91. The molecule has 0 bridgehead atoms. The van der Waals surface area contributed by atoms with Gasteiger partial charge in [0.15, 0.2) is 5.78 Å². The van der Waals surface area contributed by atoms with Crippen molar-refractivity contribution in [3.05, 3.63) is 51.7 Å². The van der Waals surface area contributed by atoms with Crippen LogP contribution in [0.1, 0.15) is 21.5 Å². The first-order chi connectivity index (χ1) is 8.20. The number of thiophene rings is 1. The van der Waals surface area contributed by atoms with Gasteiger partial charge in [-0.2, -0.15) is 11.3 Å². The summed E-state index contributed by atoms with van der Waals surface area (Å²) in [5.74, 6) is 0.953. The van der Waals surface area contributed by atoms with Gasteiger partial charge in [-0.05, 0) is 35.6 Å². The van der Waals surface area contributed by atoms with Crippen LogP contribution >= 0.6 is 11.3 Å². The van der Waals surface area contributed by atoms with E-state index in [9.17, 15) is 4.79 Å². The molecule has 0 aliphatic carbocycles. The molecule has 2 nitrogen and oxygen atoms in total. The standard InChI is InChI=1S/C14H14O2S/c1-10-8-17-9-13(10)14(15)7-11-4-3-5-12(6-11)16-2/h3-6,8-9H,7H2,1-2H3. The summed E-state index contributed by atoms with van der Waals surface area (Å²) in [5.41, 5.74) is 2.88. The normalized spacial score (nSPS) is 10.2. The third-order valence-electron chi connectivity index (χ3n) is 2.65. The Balaban J connectivity index is 2.16. The Bertz CT molecular complexity index is 529. The van der Waals surface area contributed by atoms with E-state index in [0.29, 0.717) is 6.42 Å². The van der Waals surface area contributed by atoms with Gasteiger partial charge in [0.2, 0.25) is 0 Å². The molecule has 0 fully saturated rings. The van der Waals surface area contributed by atoms with E-state index in [2.05, 4.69) is 0 Å². The second-order valence-electron chi connectivity index (χ2n) is 3.92. The van der Waals surface area contributed by atoms with Crippen LogP contribution < -0.4 is 4.74 Å². The van der Waals surface area contributed by atoms with Gasteiger partial charge >= 0.3 is 0 Å². The van der Waals surface area contributed by atoms with Crippen LogP contribution in [-0.2, 0) is 6.42 Å². The molecule has 0 aliphatic rings. The molecule has 0 saturated carbocycles. The average Bonchev–Trinajstić information content (AvgIpc) is 2.76. The lowest BCUT2D eigenvalue weighted by molar-refractivity contribution is 0.0993. The monoisotopic (exact) mass is 246 g/mol. The van der Waals surface area contributed by atoms with E-state index in [4.69, 9.17) is 4.74 Å². The number of rotatable bonds is 4. The Morgan fingerprint density at radius 3 is 2.82 bits per heavy atom. The number of aryl methyl sites for hydroxylation is 1. The number of ether oxygens (including phenoxy) is 1. The highest BCUT2D eigenvalue weighted by Gasteiger charge is 2.10. The number of methoxy groups -OCH3 is 1. The molecule has 2 rings (SSSR count). The molecule has 17 heavy (non-hydrogen) atoms. The summed E-state index contributed by atoms with van der Waals surface area (Å²) < 4.78 is 5.14. The average molecular weight is 246 g/mol. The molecule has 0 aliphatic heterocycles. The van der Waals surface area contributed by atoms with E-state index in [1.807, 2.05) is 41.9 Å². The quantitative estimate of drug-likeness (QED) is 0.772. The SMILES string of the molecule is COc1cccc(CC(=O)c2cscc2C)c1. The van der Waals surface area contributed by atoms with Crippen molar-refractivity contribution in [2.75, 3.05) is 7.11 Å². The predicted molar refractivity (Wildman–Crippen MR) is 70.1 cm³/mol. The molecule has 0 spiro atoms. The van der Waals surface area contributed by atoms with Crippen LogP contribution in [0.2, 0.25) is 0 Å². The molecule has 0 atom stereocenters. The van der Waals surface area contributed by atoms with Crippen LogP contribution in [0, 0.1) is 6.92 Å². The number of Topliss-reactive ketones (excluding diaryl/α,β-unsaturated/α-hetero) is 1. The smallest absolute Gasteiger partial charge is 0.168 e. The number of ketones is 1. The molecule has 88 valence electrons. The van der Waals surface area contributed by atoms with Crippen LogP contribution in [0.4, 0.5) is 0 Å². The van der Waals surface area contributed by atoms with Gasteiger partial charge in [-0.25, -0.2) is 0 Å². The van der Waals surface area contributed by atoms with Gasteiger partial charge in [-0.3, -0.25) is 4.79 Å². The van der Waals surface area contributed by atoms with Crippen LogP contribution in [0.5, 0.6) is 5.75 Å². The lowest BCUT2D eigenvalue weighted by atomic mass is 10.0. The highest BCUT2D eigenvalue weighted by atomic mass is 32.1. The van der Waals surface area contributed by atoms with E-state index in [1.54, 1.807) is 18.4 Å². The molecular weight excluding hydrogens is 232 g/mol. The first kappa shape index (κ1) is 11.9. The fourth-order valence-corrected chi connectivity index (χ4v) is 2.56. The van der Waals surface area contributed by atoms with Gasteiger partial charge in [-0.15, -0.1) is 0 Å². The molecule has 1 aromatic heterocycles. The number of hydrogen-bond donors (Lipinski definition) is 0. The Morgan fingerprint density at radius 1 is 1.35 bits per heavy atom. The maximum absolute atomic E-state index is 12.1. The van der Waals surface area contributed by atoms with Gasteiger partial charge < -0.3 is 4.74 Å². The summed E-state index contributed by atoms with van der Waals surface area (Å²) in [6, 6.07) is 7.63. The Kier molecular flexibility index (Phi) is 3.59. The Hall–Kier alpha value is -1.61. The van der Waals surface area contributed by atoms with Crippen molar-refractivity contribution >= 4 is 17.1 Å². The minimum Gasteiger partial charge on any atom is -0.497 e. The highest BCUT2D eigenvalue weighted by Crippen LogP contribution is 2.18. The van der Waals surface area contributed by atoms with Crippen LogP contribution in [0.25, 0.3) is 0 Å². The third kappa shape index (κ3) is 2.74. The summed E-state index contributed by atoms with van der Waals surface area (Å²) in [6.07, 6.45) is 0.425. The van der Waals surface area contributed by atoms with E-state index in [-0.39, 0.29) is 5.78 Å². The zero-order valence-electron chi connectivity index (χ0n) is 9.90. The topological polar surface area (TPSA) is 26.3 Å². The molecular formula is C14H14O2S. The molecule has 2 aromatic rings. The van der Waals surface area contributed by atoms with Gasteiger partial charge in [0, 0.05) is 17.4 Å². The molecule has 0 N–H and O–H groups in total. The molecule has 3 heteroatoms. The zero-order chi connectivity index (χ0) is 12.3. The van der Waals surface area contributed by atoms with Crippen molar-refractivity contribution in [3.8, 4) is 5.75 Å². The van der Waals surface area contributed by atoms with Crippen LogP contribution in [0.3, 0.4) is 0 Å². The number of hydrogen-bond acceptors (Lipinski definition) is 3. The number of benzene rings is 1. The van der Waals surface area contributed by atoms with Crippen molar-refractivity contribution in [3.63, 3.8) is 0 Å². The van der Waals surface area contributed by atoms with Gasteiger partial charge in [0.1, 0.15) is 5.75 Å². The highest BCUT2D eigenvalue weighted by molar-refractivity contribution is 7.08. The van der Waals surface area contributed by atoms with Gasteiger partial charge in [-0.1, -0.05) is 12.1 Å². The maximum atomic E-state index is 12.1. The van der Waals surface area contributed by atoms with Crippen LogP contribution in [-0.4, -0.2) is 12.9 Å². The number of carbonyl (C=O) groups excluding carboxylic acids is 1. The Morgan fingerprint density at radius 2 is 2.18 bits per heavy atom. The van der Waals surface area contributed by atoms with E-state index in [0.717, 1.165) is 22.4 Å². The summed E-state index contributed by atoms with van der Waals surface area (Å²) in [6.45, 7) is 1.97. The zero-order valence-corrected chi connectivity index (χ0v) is 10.7. The lowest BCUT2D eigenvalue weighted by Crippen LogP contribution is -2.03. The van der Waals surface area contributed by atoms with E-state index in [1.165, 1.54) is 0 Å². The predicted octanol–water partition coefficient (Wildman–Crippen LogP) is 3.49. The van der Waals surface area contributed by atoms with Crippen LogP contribution in [0.15, 0.2) is 35.0 Å². The van der Waals surface area contributed by atoms with E-state index >= 15 is 0 Å². The van der Waals surface area contributed by atoms with E-state index < -0.39 is 0 Å². The maximum Gasteiger partial charge on any atom is 0.168 e. The van der Waals surface area contributed by atoms with Crippen molar-refractivity contribution < 1.29 is 9.53 Å². The molecule has 1 heterocycles. The second kappa shape index (κ2) is 5.15.